The molecule has 0 spiro atoms. The molecule has 0 aliphatic carbocycles. The van der Waals surface area contributed by atoms with Crippen molar-refractivity contribution in [2.75, 3.05) is 5.73 Å². The summed E-state index contributed by atoms with van der Waals surface area (Å²) in [5, 5.41) is 0. The van der Waals surface area contributed by atoms with Crippen molar-refractivity contribution in [1.82, 2.24) is 9.44 Å². The van der Waals surface area contributed by atoms with Crippen molar-refractivity contribution in [2.45, 2.75) is 32.9 Å². The molecule has 20 heavy (non-hydrogen) atoms. The third kappa shape index (κ3) is 5.06. The predicted octanol–water partition coefficient (Wildman–Crippen LogP) is 1.30. The number of nitrogens with one attached hydrogen (secondary N) is 2. The largest absolute Gasteiger partial charge is 0.446 e. The molecule has 112 valence electrons. The van der Waals surface area contributed by atoms with E-state index in [0.29, 0.717) is 11.3 Å². The van der Waals surface area contributed by atoms with E-state index in [0.717, 1.165) is 0 Å². The average Bonchev–Trinajstić information content (AvgIpc) is 2.26. The summed E-state index contributed by atoms with van der Waals surface area (Å²) >= 11 is 0. The van der Waals surface area contributed by atoms with E-state index in [1.807, 2.05) is 0 Å². The lowest BCUT2D eigenvalue weighted by molar-refractivity contribution is 0.121. The SMILES string of the molecule is CC(C)OC(=O)NS(=O)(=O)NC(C)c1ccccc1N. The number of hydrogen-bond donors (Lipinski definition) is 3. The molecule has 0 saturated heterocycles. The summed E-state index contributed by atoms with van der Waals surface area (Å²) in [7, 11) is -4.02. The minimum Gasteiger partial charge on any atom is -0.446 e. The number of hydrogen-bond acceptors (Lipinski definition) is 5. The molecule has 1 amide bonds. The molecule has 0 aromatic heterocycles. The fraction of sp³-hybridized carbons (Fsp3) is 0.417. The van der Waals surface area contributed by atoms with Gasteiger partial charge in [-0.1, -0.05) is 18.2 Å². The van der Waals surface area contributed by atoms with Crippen molar-refractivity contribution in [3.8, 4) is 0 Å². The number of nitrogens with two attached hydrogens (primary N) is 1. The van der Waals surface area contributed by atoms with Crippen LogP contribution in [-0.4, -0.2) is 20.6 Å². The highest BCUT2D eigenvalue weighted by molar-refractivity contribution is 7.88. The van der Waals surface area contributed by atoms with E-state index >= 15 is 0 Å². The van der Waals surface area contributed by atoms with Crippen LogP contribution >= 0.6 is 0 Å². The molecule has 0 bridgehead atoms. The topological polar surface area (TPSA) is 111 Å². The van der Waals surface area contributed by atoms with Crippen molar-refractivity contribution >= 4 is 22.0 Å². The first-order valence-electron chi connectivity index (χ1n) is 6.06. The lowest BCUT2D eigenvalue weighted by Gasteiger charge is -2.17. The summed E-state index contributed by atoms with van der Waals surface area (Å²) in [5.41, 5.74) is 6.85. The van der Waals surface area contributed by atoms with E-state index < -0.39 is 28.4 Å². The average molecular weight is 301 g/mol. The Bertz CT molecular complexity index is 572. The number of carbonyl (C=O) groups is 1. The van der Waals surface area contributed by atoms with E-state index in [-0.39, 0.29) is 0 Å². The molecular formula is C12H19N3O4S. The van der Waals surface area contributed by atoms with Crippen LogP contribution in [0, 0.1) is 0 Å². The molecule has 0 aliphatic heterocycles. The van der Waals surface area contributed by atoms with E-state index in [1.54, 1.807) is 49.8 Å². The summed E-state index contributed by atoms with van der Waals surface area (Å²) in [4.78, 5) is 11.3. The van der Waals surface area contributed by atoms with Gasteiger partial charge in [-0.3, -0.25) is 0 Å². The maximum absolute atomic E-state index is 11.8. The second-order valence-corrected chi connectivity index (χ2v) is 5.97. The Morgan fingerprint density at radius 3 is 2.40 bits per heavy atom. The fourth-order valence-electron chi connectivity index (χ4n) is 1.58. The van der Waals surface area contributed by atoms with Crippen LogP contribution in [0.2, 0.25) is 0 Å². The van der Waals surface area contributed by atoms with Gasteiger partial charge in [0.25, 0.3) is 0 Å². The fourth-order valence-corrected chi connectivity index (χ4v) is 2.50. The van der Waals surface area contributed by atoms with Crippen molar-refractivity contribution in [1.29, 1.82) is 0 Å². The Kier molecular flexibility index (Phi) is 5.34. The van der Waals surface area contributed by atoms with Crippen molar-refractivity contribution in [2.24, 2.45) is 0 Å². The van der Waals surface area contributed by atoms with Crippen LogP contribution in [0.15, 0.2) is 24.3 Å². The molecule has 1 unspecified atom stereocenters. The van der Waals surface area contributed by atoms with Gasteiger partial charge in [-0.25, -0.2) is 9.52 Å². The summed E-state index contributed by atoms with van der Waals surface area (Å²) in [6.07, 6.45) is -1.44. The van der Waals surface area contributed by atoms with Crippen LogP contribution in [-0.2, 0) is 14.9 Å². The van der Waals surface area contributed by atoms with Gasteiger partial charge in [0.05, 0.1) is 6.10 Å². The lowest BCUT2D eigenvalue weighted by Crippen LogP contribution is -2.42. The second-order valence-electron chi connectivity index (χ2n) is 4.53. The quantitative estimate of drug-likeness (QED) is 0.710. The number of ether oxygens (including phenoxy) is 1. The molecule has 1 atom stereocenters. The van der Waals surface area contributed by atoms with Crippen LogP contribution in [0.1, 0.15) is 32.4 Å². The zero-order valence-corrected chi connectivity index (χ0v) is 12.4. The molecule has 1 aromatic carbocycles. The van der Waals surface area contributed by atoms with Crippen LogP contribution in [0.4, 0.5) is 10.5 Å². The molecule has 7 nitrogen and oxygen atoms in total. The molecular weight excluding hydrogens is 282 g/mol. The van der Waals surface area contributed by atoms with Gasteiger partial charge < -0.3 is 10.5 Å². The Hall–Kier alpha value is -1.80. The molecule has 8 heteroatoms. The van der Waals surface area contributed by atoms with Gasteiger partial charge in [-0.15, -0.1) is 0 Å². The lowest BCUT2D eigenvalue weighted by atomic mass is 10.1. The summed E-state index contributed by atoms with van der Waals surface area (Å²) in [6, 6.07) is 6.28. The number of rotatable bonds is 5. The van der Waals surface area contributed by atoms with Gasteiger partial charge in [-0.2, -0.15) is 13.1 Å². The third-order valence-electron chi connectivity index (χ3n) is 2.35. The van der Waals surface area contributed by atoms with Gasteiger partial charge in [0.2, 0.25) is 0 Å². The Balaban J connectivity index is 2.72. The second kappa shape index (κ2) is 6.58. The minimum atomic E-state index is -4.02. The van der Waals surface area contributed by atoms with Gasteiger partial charge in [0.1, 0.15) is 0 Å². The summed E-state index contributed by atoms with van der Waals surface area (Å²) in [6.45, 7) is 4.86. The van der Waals surface area contributed by atoms with E-state index in [1.165, 1.54) is 0 Å². The number of nitrogen functional groups attached to an aromatic ring is 1. The summed E-state index contributed by atoms with van der Waals surface area (Å²) in [5.74, 6) is 0. The Labute approximate surface area is 118 Å². The highest BCUT2D eigenvalue weighted by atomic mass is 32.2. The Morgan fingerprint density at radius 2 is 1.85 bits per heavy atom. The maximum atomic E-state index is 11.8. The van der Waals surface area contributed by atoms with Crippen LogP contribution < -0.4 is 15.2 Å². The first-order valence-corrected chi connectivity index (χ1v) is 7.54. The third-order valence-corrected chi connectivity index (χ3v) is 3.45. The smallest absolute Gasteiger partial charge is 0.422 e. The standard InChI is InChI=1S/C12H19N3O4S/c1-8(2)19-12(16)15-20(17,18)14-9(3)10-6-4-5-7-11(10)13/h4-9,14H,13H2,1-3H3,(H,15,16). The first-order chi connectivity index (χ1) is 9.21. The van der Waals surface area contributed by atoms with Crippen LogP contribution in [0.3, 0.4) is 0 Å². The normalized spacial score (nSPS) is 13.0. The van der Waals surface area contributed by atoms with Gasteiger partial charge in [0, 0.05) is 11.7 Å². The predicted molar refractivity (Wildman–Crippen MR) is 76.1 cm³/mol. The highest BCUT2D eigenvalue weighted by Crippen LogP contribution is 2.19. The highest BCUT2D eigenvalue weighted by Gasteiger charge is 2.20. The zero-order chi connectivity index (χ0) is 15.3. The molecule has 0 aliphatic rings. The first kappa shape index (κ1) is 16.3. The summed E-state index contributed by atoms with van der Waals surface area (Å²) < 4.78 is 32.3. The number of para-hydroxylation sites is 1. The monoisotopic (exact) mass is 301 g/mol. The molecule has 1 rings (SSSR count). The number of amides is 1. The van der Waals surface area contributed by atoms with Gasteiger partial charge >= 0.3 is 16.3 Å². The zero-order valence-electron chi connectivity index (χ0n) is 11.6. The molecule has 1 aromatic rings. The molecule has 0 fully saturated rings. The number of carbonyl (C=O) groups excluding carboxylic acids is 1. The van der Waals surface area contributed by atoms with Gasteiger partial charge in [-0.05, 0) is 32.4 Å². The molecule has 0 radical (unpaired) electrons. The molecule has 0 saturated carbocycles. The van der Waals surface area contributed by atoms with E-state index in [2.05, 4.69) is 4.72 Å². The van der Waals surface area contributed by atoms with Crippen molar-refractivity contribution in [3.05, 3.63) is 29.8 Å². The Morgan fingerprint density at radius 1 is 1.25 bits per heavy atom. The van der Waals surface area contributed by atoms with Crippen LogP contribution in [0.5, 0.6) is 0 Å². The number of anilines is 1. The van der Waals surface area contributed by atoms with E-state index in [9.17, 15) is 13.2 Å². The minimum absolute atomic E-state index is 0.410. The molecule has 4 N–H and O–H groups in total. The number of benzene rings is 1. The van der Waals surface area contributed by atoms with Crippen LogP contribution in [0.25, 0.3) is 0 Å². The van der Waals surface area contributed by atoms with Gasteiger partial charge in [0.15, 0.2) is 0 Å². The van der Waals surface area contributed by atoms with Crippen molar-refractivity contribution < 1.29 is 17.9 Å². The molecule has 0 heterocycles. The van der Waals surface area contributed by atoms with Crippen molar-refractivity contribution in [3.63, 3.8) is 0 Å². The van der Waals surface area contributed by atoms with E-state index in [4.69, 9.17) is 10.5 Å². The maximum Gasteiger partial charge on any atom is 0.422 e.